The van der Waals surface area contributed by atoms with E-state index in [-0.39, 0.29) is 17.0 Å². The van der Waals surface area contributed by atoms with Crippen molar-refractivity contribution in [1.29, 1.82) is 0 Å². The van der Waals surface area contributed by atoms with Crippen LogP contribution in [0, 0.1) is 5.41 Å². The molecule has 2 rings (SSSR count). The molecule has 0 radical (unpaired) electrons. The van der Waals surface area contributed by atoms with Gasteiger partial charge in [-0.15, -0.1) is 5.10 Å². The summed E-state index contributed by atoms with van der Waals surface area (Å²) in [5.41, 5.74) is 2.08. The average molecular weight is 263 g/mol. The number of carboxylic acid groups (broad SMARTS) is 1. The first-order valence-electron chi connectivity index (χ1n) is 6.79. The fourth-order valence-electron chi connectivity index (χ4n) is 2.38. The Labute approximate surface area is 113 Å². The SMILES string of the molecule is CCc1nnc(NC2CC2(C)C)c(C(=O)O)c1CC. The molecule has 0 aliphatic heterocycles. The normalized spacial score (nSPS) is 20.1. The number of rotatable bonds is 5. The predicted octanol–water partition coefficient (Wildman–Crippen LogP) is 2.51. The van der Waals surface area contributed by atoms with E-state index in [2.05, 4.69) is 29.4 Å². The molecule has 0 aromatic carbocycles. The van der Waals surface area contributed by atoms with E-state index >= 15 is 0 Å². The lowest BCUT2D eigenvalue weighted by Crippen LogP contribution is -2.18. The van der Waals surface area contributed by atoms with Gasteiger partial charge in [-0.3, -0.25) is 0 Å². The number of carbonyl (C=O) groups is 1. The maximum Gasteiger partial charge on any atom is 0.339 e. The number of hydrogen-bond acceptors (Lipinski definition) is 4. The summed E-state index contributed by atoms with van der Waals surface area (Å²) in [6, 6.07) is 0.289. The van der Waals surface area contributed by atoms with Crippen molar-refractivity contribution in [1.82, 2.24) is 10.2 Å². The molecule has 1 saturated carbocycles. The van der Waals surface area contributed by atoms with Crippen LogP contribution in [-0.4, -0.2) is 27.3 Å². The smallest absolute Gasteiger partial charge is 0.339 e. The number of aromatic carboxylic acids is 1. The second-order valence-corrected chi connectivity index (χ2v) is 5.75. The monoisotopic (exact) mass is 263 g/mol. The van der Waals surface area contributed by atoms with Crippen molar-refractivity contribution in [2.24, 2.45) is 5.41 Å². The lowest BCUT2D eigenvalue weighted by Gasteiger charge is -2.14. The maximum atomic E-state index is 11.5. The topological polar surface area (TPSA) is 75.1 Å². The van der Waals surface area contributed by atoms with Gasteiger partial charge in [0.1, 0.15) is 5.56 Å². The van der Waals surface area contributed by atoms with Crippen LogP contribution in [0.1, 0.15) is 55.7 Å². The van der Waals surface area contributed by atoms with Crippen LogP contribution in [0.5, 0.6) is 0 Å². The van der Waals surface area contributed by atoms with Crippen molar-refractivity contribution in [3.8, 4) is 0 Å². The number of aryl methyl sites for hydroxylation is 1. The zero-order valence-corrected chi connectivity index (χ0v) is 11.9. The Bertz CT molecular complexity index is 512. The Morgan fingerprint density at radius 2 is 2.00 bits per heavy atom. The molecule has 1 heterocycles. The maximum absolute atomic E-state index is 11.5. The summed E-state index contributed by atoms with van der Waals surface area (Å²) < 4.78 is 0. The van der Waals surface area contributed by atoms with Gasteiger partial charge in [0.15, 0.2) is 5.82 Å². The lowest BCUT2D eigenvalue weighted by atomic mass is 10.0. The van der Waals surface area contributed by atoms with Gasteiger partial charge >= 0.3 is 5.97 Å². The molecule has 1 aromatic heterocycles. The third-order valence-electron chi connectivity index (χ3n) is 3.88. The first-order valence-corrected chi connectivity index (χ1v) is 6.79. The van der Waals surface area contributed by atoms with E-state index in [9.17, 15) is 9.90 Å². The van der Waals surface area contributed by atoms with Crippen LogP contribution in [0.4, 0.5) is 5.82 Å². The zero-order chi connectivity index (χ0) is 14.2. The molecule has 5 heteroatoms. The molecule has 19 heavy (non-hydrogen) atoms. The number of nitrogens with one attached hydrogen (secondary N) is 1. The van der Waals surface area contributed by atoms with Gasteiger partial charge < -0.3 is 10.4 Å². The molecule has 0 saturated heterocycles. The van der Waals surface area contributed by atoms with Crippen LogP contribution in [0.2, 0.25) is 0 Å². The van der Waals surface area contributed by atoms with Crippen molar-refractivity contribution in [3.63, 3.8) is 0 Å². The van der Waals surface area contributed by atoms with Crippen molar-refractivity contribution in [3.05, 3.63) is 16.8 Å². The van der Waals surface area contributed by atoms with E-state index < -0.39 is 5.97 Å². The number of nitrogens with zero attached hydrogens (tertiary/aromatic N) is 2. The van der Waals surface area contributed by atoms with Crippen molar-refractivity contribution >= 4 is 11.8 Å². The molecule has 1 aliphatic rings. The van der Waals surface area contributed by atoms with Crippen LogP contribution in [0.15, 0.2) is 0 Å². The lowest BCUT2D eigenvalue weighted by molar-refractivity contribution is 0.0696. The molecule has 104 valence electrons. The van der Waals surface area contributed by atoms with Gasteiger partial charge in [-0.25, -0.2) is 4.79 Å². The van der Waals surface area contributed by atoms with Crippen LogP contribution < -0.4 is 5.32 Å². The summed E-state index contributed by atoms with van der Waals surface area (Å²) in [5.74, 6) is -0.514. The van der Waals surface area contributed by atoms with E-state index in [0.717, 1.165) is 17.7 Å². The number of hydrogen-bond donors (Lipinski definition) is 2. The van der Waals surface area contributed by atoms with Crippen LogP contribution >= 0.6 is 0 Å². The molecular formula is C14H21N3O2. The summed E-state index contributed by atoms with van der Waals surface area (Å²) in [6.45, 7) is 8.22. The Balaban J connectivity index is 2.40. The minimum Gasteiger partial charge on any atom is -0.478 e. The van der Waals surface area contributed by atoms with Crippen molar-refractivity contribution < 1.29 is 9.90 Å². The molecule has 5 nitrogen and oxygen atoms in total. The Morgan fingerprint density at radius 3 is 2.42 bits per heavy atom. The van der Waals surface area contributed by atoms with Gasteiger partial charge in [0.2, 0.25) is 0 Å². The van der Waals surface area contributed by atoms with Gasteiger partial charge in [0.25, 0.3) is 0 Å². The summed E-state index contributed by atoms with van der Waals surface area (Å²) in [7, 11) is 0. The largest absolute Gasteiger partial charge is 0.478 e. The number of carboxylic acids is 1. The van der Waals surface area contributed by atoms with Crippen LogP contribution in [0.3, 0.4) is 0 Å². The minimum atomic E-state index is -0.928. The molecular weight excluding hydrogens is 242 g/mol. The molecule has 1 aliphatic carbocycles. The molecule has 1 fully saturated rings. The van der Waals surface area contributed by atoms with Crippen LogP contribution in [0.25, 0.3) is 0 Å². The minimum absolute atomic E-state index is 0.216. The van der Waals surface area contributed by atoms with Gasteiger partial charge in [-0.2, -0.15) is 5.10 Å². The molecule has 1 unspecified atom stereocenters. The fraction of sp³-hybridized carbons (Fsp3) is 0.643. The molecule has 0 bridgehead atoms. The molecule has 0 amide bonds. The second-order valence-electron chi connectivity index (χ2n) is 5.75. The summed E-state index contributed by atoms with van der Waals surface area (Å²) >= 11 is 0. The first-order chi connectivity index (χ1) is 8.90. The Kier molecular flexibility index (Phi) is 3.47. The summed E-state index contributed by atoms with van der Waals surface area (Å²) in [5, 5.41) is 20.9. The van der Waals surface area contributed by atoms with E-state index in [1.807, 2.05) is 13.8 Å². The average Bonchev–Trinajstić information content (AvgIpc) is 2.95. The van der Waals surface area contributed by atoms with E-state index in [1.165, 1.54) is 0 Å². The highest BCUT2D eigenvalue weighted by atomic mass is 16.4. The van der Waals surface area contributed by atoms with Gasteiger partial charge in [-0.05, 0) is 30.2 Å². The van der Waals surface area contributed by atoms with E-state index in [1.54, 1.807) is 0 Å². The fourth-order valence-corrected chi connectivity index (χ4v) is 2.38. The zero-order valence-electron chi connectivity index (χ0n) is 11.9. The third kappa shape index (κ3) is 2.55. The number of aromatic nitrogens is 2. The highest BCUT2D eigenvalue weighted by Crippen LogP contribution is 2.46. The van der Waals surface area contributed by atoms with E-state index in [0.29, 0.717) is 18.7 Å². The summed E-state index contributed by atoms with van der Waals surface area (Å²) in [6.07, 6.45) is 2.39. The van der Waals surface area contributed by atoms with Crippen LogP contribution in [-0.2, 0) is 12.8 Å². The van der Waals surface area contributed by atoms with Gasteiger partial charge in [0.05, 0.1) is 5.69 Å². The van der Waals surface area contributed by atoms with Crippen molar-refractivity contribution in [2.75, 3.05) is 5.32 Å². The standard InChI is InChI=1S/C14H21N3O2/c1-5-8-9(6-2)16-17-12(11(8)13(18)19)15-10-7-14(10,3)4/h10H,5-7H2,1-4H3,(H,15,17)(H,18,19). The van der Waals surface area contributed by atoms with Crippen molar-refractivity contribution in [2.45, 2.75) is 53.0 Å². The first kappa shape index (κ1) is 13.8. The molecule has 2 N–H and O–H groups in total. The second kappa shape index (κ2) is 4.79. The number of anilines is 1. The molecule has 1 atom stereocenters. The highest BCUT2D eigenvalue weighted by Gasteiger charge is 2.46. The van der Waals surface area contributed by atoms with E-state index in [4.69, 9.17) is 0 Å². The van der Waals surface area contributed by atoms with Gasteiger partial charge in [0, 0.05) is 6.04 Å². The molecule has 0 spiro atoms. The summed E-state index contributed by atoms with van der Waals surface area (Å²) in [4.78, 5) is 11.5. The Morgan fingerprint density at radius 1 is 1.37 bits per heavy atom. The quantitative estimate of drug-likeness (QED) is 0.853. The van der Waals surface area contributed by atoms with Gasteiger partial charge in [-0.1, -0.05) is 27.7 Å². The highest BCUT2D eigenvalue weighted by molar-refractivity contribution is 5.95. The molecule has 1 aromatic rings. The Hall–Kier alpha value is -1.65. The third-order valence-corrected chi connectivity index (χ3v) is 3.88. The predicted molar refractivity (Wildman–Crippen MR) is 73.6 cm³/mol.